The van der Waals surface area contributed by atoms with Crippen LogP contribution >= 0.6 is 0 Å². The van der Waals surface area contributed by atoms with Gasteiger partial charge in [0.2, 0.25) is 11.8 Å². The number of primary amides is 1. The minimum atomic E-state index is -0.910. The summed E-state index contributed by atoms with van der Waals surface area (Å²) in [5.74, 6) is -0.508. The van der Waals surface area contributed by atoms with E-state index < -0.39 is 17.9 Å². The van der Waals surface area contributed by atoms with Crippen molar-refractivity contribution in [2.24, 2.45) is 11.5 Å². The Labute approximate surface area is 113 Å². The highest BCUT2D eigenvalue weighted by Gasteiger charge is 2.16. The normalized spacial score (nSPS) is 13.6. The van der Waals surface area contributed by atoms with Crippen LogP contribution in [0.15, 0.2) is 24.3 Å². The van der Waals surface area contributed by atoms with E-state index in [4.69, 9.17) is 11.5 Å². The summed E-state index contributed by atoms with van der Waals surface area (Å²) in [5, 5.41) is 2.66. The molecule has 5 heteroatoms. The number of anilines is 1. The summed E-state index contributed by atoms with van der Waals surface area (Å²) < 4.78 is 0. The van der Waals surface area contributed by atoms with E-state index in [-0.39, 0.29) is 6.42 Å². The first-order valence-corrected chi connectivity index (χ1v) is 6.38. The van der Waals surface area contributed by atoms with Crippen LogP contribution in [0, 0.1) is 0 Å². The van der Waals surface area contributed by atoms with E-state index in [2.05, 4.69) is 19.2 Å². The molecule has 0 bridgehead atoms. The average molecular weight is 263 g/mol. The zero-order valence-electron chi connectivity index (χ0n) is 11.3. The first-order valence-electron chi connectivity index (χ1n) is 6.38. The van der Waals surface area contributed by atoms with Gasteiger partial charge in [0.15, 0.2) is 0 Å². The lowest BCUT2D eigenvalue weighted by atomic mass is 9.98. The van der Waals surface area contributed by atoms with Crippen LogP contribution in [0.3, 0.4) is 0 Å². The molecular formula is C14H21N3O2. The highest BCUT2D eigenvalue weighted by atomic mass is 16.2. The molecule has 0 aliphatic heterocycles. The lowest BCUT2D eigenvalue weighted by molar-refractivity contribution is -0.123. The fraction of sp³-hybridized carbons (Fsp3) is 0.429. The SMILES string of the molecule is CCC(C)c1ccc(NC(=O)C(N)CC(N)=O)cc1. The van der Waals surface area contributed by atoms with Crippen LogP contribution in [0.1, 0.15) is 38.2 Å². The molecule has 1 rings (SSSR count). The zero-order chi connectivity index (χ0) is 14.4. The Morgan fingerprint density at radius 3 is 2.32 bits per heavy atom. The van der Waals surface area contributed by atoms with Crippen molar-refractivity contribution in [3.8, 4) is 0 Å². The molecule has 1 aromatic carbocycles. The number of carbonyl (C=O) groups excluding carboxylic acids is 2. The molecule has 1 aromatic rings. The summed E-state index contributed by atoms with van der Waals surface area (Å²) >= 11 is 0. The summed E-state index contributed by atoms with van der Waals surface area (Å²) in [5.41, 5.74) is 12.4. The number of nitrogens with one attached hydrogen (secondary N) is 1. The molecule has 2 atom stereocenters. The van der Waals surface area contributed by atoms with Gasteiger partial charge >= 0.3 is 0 Å². The standard InChI is InChI=1S/C14H21N3O2/c1-3-9(2)10-4-6-11(7-5-10)17-14(19)12(15)8-13(16)18/h4-7,9,12H,3,8,15H2,1-2H3,(H2,16,18)(H,17,19). The van der Waals surface area contributed by atoms with Gasteiger partial charge in [-0.15, -0.1) is 0 Å². The first kappa shape index (κ1) is 15.2. The van der Waals surface area contributed by atoms with E-state index >= 15 is 0 Å². The monoisotopic (exact) mass is 263 g/mol. The molecule has 104 valence electrons. The Morgan fingerprint density at radius 1 is 1.26 bits per heavy atom. The second-order valence-corrected chi connectivity index (χ2v) is 4.70. The largest absolute Gasteiger partial charge is 0.370 e. The maximum absolute atomic E-state index is 11.7. The Morgan fingerprint density at radius 2 is 1.84 bits per heavy atom. The number of hydrogen-bond acceptors (Lipinski definition) is 3. The molecule has 0 aromatic heterocycles. The van der Waals surface area contributed by atoms with Crippen molar-refractivity contribution >= 4 is 17.5 Å². The van der Waals surface area contributed by atoms with Crippen LogP contribution in [0.5, 0.6) is 0 Å². The van der Waals surface area contributed by atoms with E-state index in [1.54, 1.807) is 0 Å². The molecular weight excluding hydrogens is 242 g/mol. The molecule has 19 heavy (non-hydrogen) atoms. The Bertz CT molecular complexity index is 443. The van der Waals surface area contributed by atoms with Crippen LogP contribution in [-0.4, -0.2) is 17.9 Å². The highest BCUT2D eigenvalue weighted by molar-refractivity contribution is 5.97. The molecule has 2 amide bonds. The second kappa shape index (κ2) is 6.89. The molecule has 0 fully saturated rings. The molecule has 5 nitrogen and oxygen atoms in total. The van der Waals surface area contributed by atoms with Gasteiger partial charge in [0.05, 0.1) is 12.5 Å². The molecule has 0 aliphatic carbocycles. The zero-order valence-corrected chi connectivity index (χ0v) is 11.3. The molecule has 5 N–H and O–H groups in total. The molecule has 0 radical (unpaired) electrons. The Hall–Kier alpha value is -1.88. The van der Waals surface area contributed by atoms with Crippen molar-refractivity contribution in [2.75, 3.05) is 5.32 Å². The average Bonchev–Trinajstić information content (AvgIpc) is 2.37. The third kappa shape index (κ3) is 4.71. The molecule has 0 saturated carbocycles. The van der Waals surface area contributed by atoms with Gasteiger partial charge in [-0.05, 0) is 30.0 Å². The number of nitrogens with two attached hydrogens (primary N) is 2. The van der Waals surface area contributed by atoms with Gasteiger partial charge < -0.3 is 16.8 Å². The van der Waals surface area contributed by atoms with Crippen molar-refractivity contribution in [3.63, 3.8) is 0 Å². The predicted molar refractivity (Wildman–Crippen MR) is 75.6 cm³/mol. The van der Waals surface area contributed by atoms with Gasteiger partial charge in [0.25, 0.3) is 0 Å². The van der Waals surface area contributed by atoms with Crippen molar-refractivity contribution in [1.29, 1.82) is 0 Å². The fourth-order valence-electron chi connectivity index (χ4n) is 1.68. The molecule has 0 heterocycles. The van der Waals surface area contributed by atoms with Gasteiger partial charge in [-0.3, -0.25) is 9.59 Å². The van der Waals surface area contributed by atoms with E-state index in [9.17, 15) is 9.59 Å². The number of benzene rings is 1. The van der Waals surface area contributed by atoms with Crippen LogP contribution in [0.4, 0.5) is 5.69 Å². The third-order valence-corrected chi connectivity index (χ3v) is 3.12. The summed E-state index contributed by atoms with van der Waals surface area (Å²) in [6, 6.07) is 6.70. The quantitative estimate of drug-likeness (QED) is 0.722. The van der Waals surface area contributed by atoms with Crippen molar-refractivity contribution in [3.05, 3.63) is 29.8 Å². The van der Waals surface area contributed by atoms with Crippen molar-refractivity contribution in [1.82, 2.24) is 0 Å². The van der Waals surface area contributed by atoms with Crippen LogP contribution in [-0.2, 0) is 9.59 Å². The molecule has 0 saturated heterocycles. The second-order valence-electron chi connectivity index (χ2n) is 4.70. The smallest absolute Gasteiger partial charge is 0.241 e. The summed E-state index contributed by atoms with van der Waals surface area (Å²) in [6.07, 6.45) is 0.909. The van der Waals surface area contributed by atoms with E-state index in [1.165, 1.54) is 5.56 Å². The minimum Gasteiger partial charge on any atom is -0.370 e. The van der Waals surface area contributed by atoms with Gasteiger partial charge in [0.1, 0.15) is 0 Å². The number of amides is 2. The van der Waals surface area contributed by atoms with Crippen molar-refractivity contribution in [2.45, 2.75) is 38.6 Å². The first-order chi connectivity index (χ1) is 8.93. The van der Waals surface area contributed by atoms with Crippen LogP contribution in [0.25, 0.3) is 0 Å². The number of carbonyl (C=O) groups is 2. The Kier molecular flexibility index (Phi) is 5.51. The summed E-state index contributed by atoms with van der Waals surface area (Å²) in [6.45, 7) is 4.28. The summed E-state index contributed by atoms with van der Waals surface area (Å²) in [7, 11) is 0. The maximum Gasteiger partial charge on any atom is 0.241 e. The fourth-order valence-corrected chi connectivity index (χ4v) is 1.68. The summed E-state index contributed by atoms with van der Waals surface area (Å²) in [4.78, 5) is 22.4. The molecule has 0 spiro atoms. The lowest BCUT2D eigenvalue weighted by Gasteiger charge is -2.12. The maximum atomic E-state index is 11.7. The van der Waals surface area contributed by atoms with Crippen LogP contribution < -0.4 is 16.8 Å². The van der Waals surface area contributed by atoms with Gasteiger partial charge in [-0.1, -0.05) is 26.0 Å². The van der Waals surface area contributed by atoms with Gasteiger partial charge in [-0.2, -0.15) is 0 Å². The number of rotatable bonds is 6. The van der Waals surface area contributed by atoms with Gasteiger partial charge in [-0.25, -0.2) is 0 Å². The van der Waals surface area contributed by atoms with E-state index in [0.717, 1.165) is 6.42 Å². The van der Waals surface area contributed by atoms with Crippen molar-refractivity contribution < 1.29 is 9.59 Å². The lowest BCUT2D eigenvalue weighted by Crippen LogP contribution is -2.38. The predicted octanol–water partition coefficient (Wildman–Crippen LogP) is 1.34. The third-order valence-electron chi connectivity index (χ3n) is 3.12. The topological polar surface area (TPSA) is 98.2 Å². The van der Waals surface area contributed by atoms with Crippen LogP contribution in [0.2, 0.25) is 0 Å². The minimum absolute atomic E-state index is 0.156. The molecule has 2 unspecified atom stereocenters. The van der Waals surface area contributed by atoms with E-state index in [1.807, 2.05) is 24.3 Å². The Balaban J connectivity index is 2.62. The van der Waals surface area contributed by atoms with E-state index in [0.29, 0.717) is 11.6 Å². The molecule has 0 aliphatic rings. The van der Waals surface area contributed by atoms with Gasteiger partial charge in [0, 0.05) is 5.69 Å². The number of hydrogen-bond donors (Lipinski definition) is 3. The highest BCUT2D eigenvalue weighted by Crippen LogP contribution is 2.20.